The van der Waals surface area contributed by atoms with Gasteiger partial charge < -0.3 is 10.2 Å². The molecule has 1 aromatic carbocycles. The first kappa shape index (κ1) is 18.0. The van der Waals surface area contributed by atoms with E-state index in [1.54, 1.807) is 11.3 Å². The number of piperazine rings is 1. The lowest BCUT2D eigenvalue weighted by Gasteiger charge is -2.34. The normalized spacial score (nSPS) is 15.3. The fourth-order valence-electron chi connectivity index (χ4n) is 3.47. The molecule has 4 rings (SSSR count). The van der Waals surface area contributed by atoms with Crippen LogP contribution in [0.25, 0.3) is 10.9 Å². The summed E-state index contributed by atoms with van der Waals surface area (Å²) in [4.78, 5) is 18.1. The average molecular weight is 384 g/mol. The number of benzene rings is 1. The quantitative estimate of drug-likeness (QED) is 0.666. The van der Waals surface area contributed by atoms with Gasteiger partial charge >= 0.3 is 6.03 Å². The van der Waals surface area contributed by atoms with Gasteiger partial charge in [-0.1, -0.05) is 24.3 Å². The van der Waals surface area contributed by atoms with E-state index in [9.17, 15) is 4.79 Å². The van der Waals surface area contributed by atoms with E-state index >= 15 is 0 Å². The van der Waals surface area contributed by atoms with Crippen molar-refractivity contribution in [2.45, 2.75) is 19.5 Å². The maximum Gasteiger partial charge on any atom is 0.317 e. The highest BCUT2D eigenvalue weighted by atomic mass is 32.1. The standard InChI is InChI=1S/C20H25N5OS/c26-20(24-12-10-23(11-13-24)16-18-6-3-14-27-18)21-8-4-9-25-19-7-2-1-5-17(19)15-22-25/h1-3,5-7,14-15H,4,8-13,16H2,(H,21,26). The van der Waals surface area contributed by atoms with E-state index in [1.165, 1.54) is 4.88 Å². The predicted molar refractivity (Wildman–Crippen MR) is 109 cm³/mol. The molecule has 3 heterocycles. The molecule has 1 aliphatic heterocycles. The summed E-state index contributed by atoms with van der Waals surface area (Å²) in [5.74, 6) is 0. The lowest BCUT2D eigenvalue weighted by atomic mass is 10.2. The van der Waals surface area contributed by atoms with Crippen LogP contribution in [0, 0.1) is 0 Å². The number of nitrogens with one attached hydrogen (secondary N) is 1. The van der Waals surface area contributed by atoms with E-state index in [1.807, 2.05) is 27.9 Å². The first-order valence-corrected chi connectivity index (χ1v) is 10.4. The van der Waals surface area contributed by atoms with Gasteiger partial charge in [0.2, 0.25) is 0 Å². The van der Waals surface area contributed by atoms with Gasteiger partial charge in [0.1, 0.15) is 0 Å². The van der Waals surface area contributed by atoms with E-state index in [2.05, 4.69) is 45.0 Å². The number of nitrogens with zero attached hydrogens (tertiary/aromatic N) is 4. The van der Waals surface area contributed by atoms with Crippen molar-refractivity contribution >= 4 is 28.3 Å². The second-order valence-electron chi connectivity index (χ2n) is 6.85. The number of carbonyl (C=O) groups excluding carboxylic acids is 1. The maximum atomic E-state index is 12.4. The topological polar surface area (TPSA) is 53.4 Å². The number of amides is 2. The van der Waals surface area contributed by atoms with E-state index in [4.69, 9.17) is 0 Å². The number of carbonyl (C=O) groups is 1. The van der Waals surface area contributed by atoms with Gasteiger partial charge in [-0.05, 0) is 23.9 Å². The summed E-state index contributed by atoms with van der Waals surface area (Å²) in [6, 6.07) is 12.5. The molecule has 2 aromatic heterocycles. The van der Waals surface area contributed by atoms with Crippen LogP contribution in [0.5, 0.6) is 0 Å². The van der Waals surface area contributed by atoms with Crippen molar-refractivity contribution in [3.8, 4) is 0 Å². The first-order chi connectivity index (χ1) is 13.3. The third-order valence-electron chi connectivity index (χ3n) is 4.99. The number of hydrogen-bond acceptors (Lipinski definition) is 4. The van der Waals surface area contributed by atoms with Crippen LogP contribution in [0.4, 0.5) is 4.79 Å². The van der Waals surface area contributed by atoms with E-state index in [-0.39, 0.29) is 6.03 Å². The Balaban J connectivity index is 1.17. The van der Waals surface area contributed by atoms with Crippen molar-refractivity contribution < 1.29 is 4.79 Å². The molecule has 0 unspecified atom stereocenters. The summed E-state index contributed by atoms with van der Waals surface area (Å²) >= 11 is 1.79. The fraction of sp³-hybridized carbons (Fsp3) is 0.400. The van der Waals surface area contributed by atoms with E-state index < -0.39 is 0 Å². The zero-order chi connectivity index (χ0) is 18.5. The van der Waals surface area contributed by atoms with Crippen LogP contribution in [0.3, 0.4) is 0 Å². The van der Waals surface area contributed by atoms with Crippen molar-refractivity contribution in [1.29, 1.82) is 0 Å². The summed E-state index contributed by atoms with van der Waals surface area (Å²) < 4.78 is 2.00. The molecule has 27 heavy (non-hydrogen) atoms. The van der Waals surface area contributed by atoms with Crippen LogP contribution in [0.15, 0.2) is 48.0 Å². The maximum absolute atomic E-state index is 12.4. The number of fused-ring (bicyclic) bond motifs is 1. The number of rotatable bonds is 6. The average Bonchev–Trinajstić information content (AvgIpc) is 3.36. The van der Waals surface area contributed by atoms with Gasteiger partial charge in [-0.3, -0.25) is 9.58 Å². The fourth-order valence-corrected chi connectivity index (χ4v) is 4.22. The summed E-state index contributed by atoms with van der Waals surface area (Å²) in [5.41, 5.74) is 1.14. The Morgan fingerprint density at radius 3 is 2.78 bits per heavy atom. The van der Waals surface area contributed by atoms with Gasteiger partial charge in [-0.2, -0.15) is 5.10 Å². The highest BCUT2D eigenvalue weighted by Gasteiger charge is 2.20. The number of aryl methyl sites for hydroxylation is 1. The molecule has 0 bridgehead atoms. The van der Waals surface area contributed by atoms with Gasteiger partial charge in [0.15, 0.2) is 0 Å². The Bertz CT molecular complexity index is 868. The van der Waals surface area contributed by atoms with Crippen LogP contribution in [-0.2, 0) is 13.1 Å². The Kier molecular flexibility index (Phi) is 5.69. The summed E-state index contributed by atoms with van der Waals surface area (Å²) in [7, 11) is 0. The molecule has 1 fully saturated rings. The van der Waals surface area contributed by atoms with Gasteiger partial charge in [0, 0.05) is 56.1 Å². The van der Waals surface area contributed by atoms with E-state index in [0.717, 1.165) is 56.6 Å². The van der Waals surface area contributed by atoms with Gasteiger partial charge in [0.25, 0.3) is 0 Å². The van der Waals surface area contributed by atoms with Crippen molar-refractivity contribution in [3.05, 3.63) is 52.9 Å². The molecular formula is C20H25N5OS. The second-order valence-corrected chi connectivity index (χ2v) is 7.89. The third-order valence-corrected chi connectivity index (χ3v) is 5.85. The molecule has 6 nitrogen and oxygen atoms in total. The SMILES string of the molecule is O=C(NCCCn1ncc2ccccc21)N1CCN(Cc2cccs2)CC1. The molecule has 0 atom stereocenters. The number of para-hydroxylation sites is 1. The van der Waals surface area contributed by atoms with Gasteiger partial charge in [0.05, 0.1) is 11.7 Å². The number of hydrogen-bond donors (Lipinski definition) is 1. The highest BCUT2D eigenvalue weighted by molar-refractivity contribution is 7.09. The van der Waals surface area contributed by atoms with Crippen molar-refractivity contribution in [2.75, 3.05) is 32.7 Å². The van der Waals surface area contributed by atoms with Gasteiger partial charge in [-0.25, -0.2) is 4.79 Å². The molecule has 0 spiro atoms. The monoisotopic (exact) mass is 383 g/mol. The minimum Gasteiger partial charge on any atom is -0.338 e. The summed E-state index contributed by atoms with van der Waals surface area (Å²) in [6.45, 7) is 5.92. The Labute approximate surface area is 163 Å². The smallest absolute Gasteiger partial charge is 0.317 e. The molecule has 1 saturated heterocycles. The predicted octanol–water partition coefficient (Wildman–Crippen LogP) is 3.02. The Morgan fingerprint density at radius 1 is 1.11 bits per heavy atom. The number of urea groups is 1. The molecule has 7 heteroatoms. The van der Waals surface area contributed by atoms with Crippen LogP contribution in [0.1, 0.15) is 11.3 Å². The molecule has 1 N–H and O–H groups in total. The third kappa shape index (κ3) is 4.48. The molecule has 0 aliphatic carbocycles. The minimum atomic E-state index is 0.0519. The minimum absolute atomic E-state index is 0.0519. The van der Waals surface area contributed by atoms with Crippen LogP contribution >= 0.6 is 11.3 Å². The van der Waals surface area contributed by atoms with E-state index in [0.29, 0.717) is 6.54 Å². The Hall–Kier alpha value is -2.38. The lowest BCUT2D eigenvalue weighted by molar-refractivity contribution is 0.136. The summed E-state index contributed by atoms with van der Waals surface area (Å²) in [6.07, 6.45) is 2.76. The van der Waals surface area contributed by atoms with Crippen molar-refractivity contribution in [3.63, 3.8) is 0 Å². The molecule has 0 saturated carbocycles. The zero-order valence-electron chi connectivity index (χ0n) is 15.4. The van der Waals surface area contributed by atoms with Crippen molar-refractivity contribution in [1.82, 2.24) is 24.9 Å². The highest BCUT2D eigenvalue weighted by Crippen LogP contribution is 2.14. The summed E-state index contributed by atoms with van der Waals surface area (Å²) in [5, 5.41) is 10.8. The van der Waals surface area contributed by atoms with Crippen LogP contribution in [0.2, 0.25) is 0 Å². The first-order valence-electron chi connectivity index (χ1n) is 9.48. The molecule has 142 valence electrons. The largest absolute Gasteiger partial charge is 0.338 e. The van der Waals surface area contributed by atoms with Crippen LogP contribution < -0.4 is 5.32 Å². The zero-order valence-corrected chi connectivity index (χ0v) is 16.2. The number of thiophene rings is 1. The van der Waals surface area contributed by atoms with Gasteiger partial charge in [-0.15, -0.1) is 11.3 Å². The second kappa shape index (κ2) is 8.54. The molecule has 0 radical (unpaired) electrons. The Morgan fingerprint density at radius 2 is 1.96 bits per heavy atom. The van der Waals surface area contributed by atoms with Crippen molar-refractivity contribution in [2.24, 2.45) is 0 Å². The number of aromatic nitrogens is 2. The van der Waals surface area contributed by atoms with Crippen LogP contribution in [-0.4, -0.2) is 58.3 Å². The molecule has 2 amide bonds. The lowest BCUT2D eigenvalue weighted by Crippen LogP contribution is -2.51. The molecule has 3 aromatic rings. The molecular weight excluding hydrogens is 358 g/mol. The molecule has 1 aliphatic rings.